The molecule has 0 heterocycles. The first-order valence-electron chi connectivity index (χ1n) is 6.82. The maximum absolute atomic E-state index is 10.9. The summed E-state index contributed by atoms with van der Waals surface area (Å²) >= 11 is 0. The van der Waals surface area contributed by atoms with Crippen LogP contribution in [0.2, 0.25) is 0 Å². The average molecular weight is 279 g/mol. The van der Waals surface area contributed by atoms with Crippen LogP contribution in [0.3, 0.4) is 0 Å². The Morgan fingerprint density at radius 1 is 1.40 bits per heavy atom. The Morgan fingerprint density at radius 2 is 2.05 bits per heavy atom. The van der Waals surface area contributed by atoms with Gasteiger partial charge in [0.1, 0.15) is 5.75 Å². The summed E-state index contributed by atoms with van der Waals surface area (Å²) in [5, 5.41) is 0. The second-order valence-corrected chi connectivity index (χ2v) is 5.14. The quantitative estimate of drug-likeness (QED) is 0.736. The van der Waals surface area contributed by atoms with Crippen LogP contribution in [0, 0.1) is 0 Å². The van der Waals surface area contributed by atoms with E-state index < -0.39 is 11.9 Å². The van der Waals surface area contributed by atoms with Crippen LogP contribution >= 0.6 is 0 Å². The van der Waals surface area contributed by atoms with Crippen molar-refractivity contribution in [2.45, 2.75) is 31.8 Å². The zero-order valence-electron chi connectivity index (χ0n) is 12.5. The zero-order chi connectivity index (χ0) is 15.1. The molecular weight excluding hydrogens is 254 g/mol. The van der Waals surface area contributed by atoms with Crippen LogP contribution in [0.1, 0.15) is 18.9 Å². The number of para-hydroxylation sites is 1. The fourth-order valence-electron chi connectivity index (χ4n) is 2.05. The lowest BCUT2D eigenvalue weighted by Gasteiger charge is -2.26. The van der Waals surface area contributed by atoms with E-state index in [1.807, 2.05) is 25.2 Å². The number of primary amides is 1. The SMILES string of the molecule is COc1ccccc1CC(C)N(C)CCC(N)C(N)=O. The number of methoxy groups -OCH3 is 1. The average Bonchev–Trinajstić information content (AvgIpc) is 2.44. The molecule has 1 aromatic rings. The third-order valence-corrected chi connectivity index (χ3v) is 3.62. The van der Waals surface area contributed by atoms with Crippen molar-refractivity contribution in [3.8, 4) is 5.75 Å². The summed E-state index contributed by atoms with van der Waals surface area (Å²) in [5.74, 6) is 0.456. The van der Waals surface area contributed by atoms with Gasteiger partial charge in [-0.3, -0.25) is 4.79 Å². The minimum atomic E-state index is -0.573. The summed E-state index contributed by atoms with van der Waals surface area (Å²) in [5.41, 5.74) is 12.0. The smallest absolute Gasteiger partial charge is 0.234 e. The molecule has 0 aliphatic rings. The van der Waals surface area contributed by atoms with E-state index in [9.17, 15) is 4.79 Å². The monoisotopic (exact) mass is 279 g/mol. The van der Waals surface area contributed by atoms with Gasteiger partial charge in [0.15, 0.2) is 0 Å². The standard InChI is InChI=1S/C15H25N3O2/c1-11(18(2)9-8-13(16)15(17)19)10-12-6-4-5-7-14(12)20-3/h4-7,11,13H,8-10,16H2,1-3H3,(H2,17,19). The van der Waals surface area contributed by atoms with Crippen molar-refractivity contribution >= 4 is 5.91 Å². The lowest BCUT2D eigenvalue weighted by Crippen LogP contribution is -2.41. The highest BCUT2D eigenvalue weighted by molar-refractivity contribution is 5.79. The number of carbonyl (C=O) groups excluding carboxylic acids is 1. The van der Waals surface area contributed by atoms with Gasteiger partial charge in [-0.05, 0) is 38.4 Å². The minimum absolute atomic E-state index is 0.325. The van der Waals surface area contributed by atoms with E-state index in [0.29, 0.717) is 12.5 Å². The van der Waals surface area contributed by atoms with Gasteiger partial charge in [0.25, 0.3) is 0 Å². The molecule has 0 spiro atoms. The van der Waals surface area contributed by atoms with Crippen molar-refractivity contribution in [1.29, 1.82) is 0 Å². The van der Waals surface area contributed by atoms with Crippen LogP contribution in [0.15, 0.2) is 24.3 Å². The fraction of sp³-hybridized carbons (Fsp3) is 0.533. The van der Waals surface area contributed by atoms with Crippen molar-refractivity contribution in [3.63, 3.8) is 0 Å². The number of ether oxygens (including phenoxy) is 1. The lowest BCUT2D eigenvalue weighted by atomic mass is 10.0. The van der Waals surface area contributed by atoms with Crippen LogP contribution in [0.5, 0.6) is 5.75 Å². The normalized spacial score (nSPS) is 14.1. The van der Waals surface area contributed by atoms with Gasteiger partial charge in [-0.2, -0.15) is 0 Å². The minimum Gasteiger partial charge on any atom is -0.496 e. The highest BCUT2D eigenvalue weighted by atomic mass is 16.5. The molecule has 1 amide bonds. The van der Waals surface area contributed by atoms with Crippen LogP contribution in [0.4, 0.5) is 0 Å². The van der Waals surface area contributed by atoms with E-state index in [4.69, 9.17) is 16.2 Å². The summed E-state index contributed by atoms with van der Waals surface area (Å²) in [6, 6.07) is 7.75. The van der Waals surface area contributed by atoms with Crippen molar-refractivity contribution in [1.82, 2.24) is 4.90 Å². The predicted octanol–water partition coefficient (Wildman–Crippen LogP) is 0.761. The Bertz CT molecular complexity index is 437. The number of amides is 1. The third kappa shape index (κ3) is 4.83. The van der Waals surface area contributed by atoms with Crippen molar-refractivity contribution in [3.05, 3.63) is 29.8 Å². The molecule has 20 heavy (non-hydrogen) atoms. The summed E-state index contributed by atoms with van der Waals surface area (Å²) in [7, 11) is 3.70. The second-order valence-electron chi connectivity index (χ2n) is 5.14. The molecule has 1 rings (SSSR count). The van der Waals surface area contributed by atoms with Crippen LogP contribution in [-0.4, -0.2) is 43.6 Å². The number of nitrogens with zero attached hydrogens (tertiary/aromatic N) is 1. The van der Waals surface area contributed by atoms with Crippen molar-refractivity contribution in [2.75, 3.05) is 20.7 Å². The molecule has 2 atom stereocenters. The molecule has 0 aliphatic carbocycles. The summed E-state index contributed by atoms with van der Waals surface area (Å²) < 4.78 is 5.36. The van der Waals surface area contributed by atoms with Crippen molar-refractivity contribution in [2.24, 2.45) is 11.5 Å². The van der Waals surface area contributed by atoms with Gasteiger partial charge >= 0.3 is 0 Å². The topological polar surface area (TPSA) is 81.6 Å². The molecule has 0 bridgehead atoms. The highest BCUT2D eigenvalue weighted by Crippen LogP contribution is 2.20. The molecule has 4 N–H and O–H groups in total. The van der Waals surface area contributed by atoms with Gasteiger partial charge < -0.3 is 21.1 Å². The summed E-state index contributed by atoms with van der Waals surface area (Å²) in [4.78, 5) is 13.1. The number of benzene rings is 1. The summed E-state index contributed by atoms with van der Waals surface area (Å²) in [6.07, 6.45) is 1.45. The number of nitrogens with two attached hydrogens (primary N) is 2. The molecule has 0 fully saturated rings. The molecule has 0 aromatic heterocycles. The molecule has 5 nitrogen and oxygen atoms in total. The lowest BCUT2D eigenvalue weighted by molar-refractivity contribution is -0.119. The maximum atomic E-state index is 10.9. The molecule has 0 aliphatic heterocycles. The second kappa shape index (κ2) is 7.87. The molecule has 1 aromatic carbocycles. The van der Waals surface area contributed by atoms with E-state index >= 15 is 0 Å². The molecule has 0 saturated heterocycles. The first kappa shape index (κ1) is 16.5. The predicted molar refractivity (Wildman–Crippen MR) is 80.6 cm³/mol. The summed E-state index contributed by atoms with van der Waals surface area (Å²) in [6.45, 7) is 2.88. The first-order valence-corrected chi connectivity index (χ1v) is 6.82. The molecule has 0 saturated carbocycles. The van der Waals surface area contributed by atoms with Gasteiger partial charge in [-0.25, -0.2) is 0 Å². The van der Waals surface area contributed by atoms with Gasteiger partial charge in [0.05, 0.1) is 13.2 Å². The number of hydrogen-bond donors (Lipinski definition) is 2. The Balaban J connectivity index is 2.53. The number of carbonyl (C=O) groups is 1. The Morgan fingerprint density at radius 3 is 2.65 bits per heavy atom. The van der Waals surface area contributed by atoms with Gasteiger partial charge in [-0.1, -0.05) is 18.2 Å². The Kier molecular flexibility index (Phi) is 6.48. The number of rotatable bonds is 8. The van der Waals surface area contributed by atoms with E-state index in [0.717, 1.165) is 18.7 Å². The fourth-order valence-corrected chi connectivity index (χ4v) is 2.05. The molecule has 112 valence electrons. The van der Waals surface area contributed by atoms with E-state index in [2.05, 4.69) is 17.9 Å². The van der Waals surface area contributed by atoms with E-state index in [-0.39, 0.29) is 0 Å². The maximum Gasteiger partial charge on any atom is 0.234 e. The van der Waals surface area contributed by atoms with Crippen LogP contribution < -0.4 is 16.2 Å². The van der Waals surface area contributed by atoms with Gasteiger partial charge in [-0.15, -0.1) is 0 Å². The van der Waals surface area contributed by atoms with Gasteiger partial charge in [0.2, 0.25) is 5.91 Å². The molecule has 5 heteroatoms. The first-order chi connectivity index (χ1) is 9.45. The van der Waals surface area contributed by atoms with Crippen LogP contribution in [-0.2, 0) is 11.2 Å². The Hall–Kier alpha value is -1.59. The van der Waals surface area contributed by atoms with E-state index in [1.165, 1.54) is 5.56 Å². The van der Waals surface area contributed by atoms with Crippen molar-refractivity contribution < 1.29 is 9.53 Å². The zero-order valence-corrected chi connectivity index (χ0v) is 12.5. The largest absolute Gasteiger partial charge is 0.496 e. The van der Waals surface area contributed by atoms with Gasteiger partial charge in [0, 0.05) is 12.6 Å². The number of hydrogen-bond acceptors (Lipinski definition) is 4. The van der Waals surface area contributed by atoms with E-state index in [1.54, 1.807) is 7.11 Å². The molecule has 0 radical (unpaired) electrons. The van der Waals surface area contributed by atoms with Crippen LogP contribution in [0.25, 0.3) is 0 Å². The molecule has 2 unspecified atom stereocenters. The molecular formula is C15H25N3O2. The Labute approximate surface area is 120 Å². The number of likely N-dealkylation sites (N-methyl/N-ethyl adjacent to an activating group) is 1. The highest BCUT2D eigenvalue weighted by Gasteiger charge is 2.15. The third-order valence-electron chi connectivity index (χ3n) is 3.62.